The zero-order valence-corrected chi connectivity index (χ0v) is 13.4. The molecule has 0 aromatic heterocycles. The minimum Gasteiger partial charge on any atom is -0.465 e. The van der Waals surface area contributed by atoms with E-state index in [2.05, 4.69) is 26.1 Å². The zero-order chi connectivity index (χ0) is 14.0. The molecule has 3 nitrogen and oxygen atoms in total. The van der Waals surface area contributed by atoms with Crippen molar-refractivity contribution in [2.45, 2.75) is 65.5 Å². The Hall–Kier alpha value is -0.220. The number of nitrogens with one attached hydrogen (secondary N) is 1. The van der Waals surface area contributed by atoms with Crippen LogP contribution in [0.15, 0.2) is 0 Å². The molecule has 0 saturated carbocycles. The van der Waals surface area contributed by atoms with Gasteiger partial charge in [-0.05, 0) is 39.9 Å². The Labute approximate surface area is 116 Å². The monoisotopic (exact) mass is 275 g/mol. The average molecular weight is 275 g/mol. The number of ether oxygens (including phenoxy) is 1. The van der Waals surface area contributed by atoms with Gasteiger partial charge in [-0.3, -0.25) is 10.1 Å². The summed E-state index contributed by atoms with van der Waals surface area (Å²) in [5.74, 6) is 1.75. The Kier molecular flexibility index (Phi) is 9.56. The molecule has 0 aliphatic heterocycles. The molecule has 0 rings (SSSR count). The van der Waals surface area contributed by atoms with Gasteiger partial charge >= 0.3 is 5.97 Å². The second kappa shape index (κ2) is 9.68. The van der Waals surface area contributed by atoms with Gasteiger partial charge in [0.2, 0.25) is 0 Å². The van der Waals surface area contributed by atoms with E-state index < -0.39 is 5.54 Å². The van der Waals surface area contributed by atoms with E-state index in [-0.39, 0.29) is 12.0 Å². The van der Waals surface area contributed by atoms with Crippen LogP contribution in [0.3, 0.4) is 0 Å². The number of carbonyl (C=O) groups is 1. The molecule has 0 aliphatic rings. The Balaban J connectivity index is 4.25. The lowest BCUT2D eigenvalue weighted by atomic mass is 10.0. The summed E-state index contributed by atoms with van der Waals surface area (Å²) in [4.78, 5) is 12.0. The molecule has 0 aromatic carbocycles. The van der Waals surface area contributed by atoms with Crippen molar-refractivity contribution in [3.8, 4) is 0 Å². The number of hydrogen-bond donors (Lipinski definition) is 1. The predicted molar refractivity (Wildman–Crippen MR) is 80.2 cm³/mol. The molecule has 0 aliphatic carbocycles. The molecule has 1 atom stereocenters. The van der Waals surface area contributed by atoms with Crippen molar-refractivity contribution in [1.29, 1.82) is 0 Å². The molecule has 18 heavy (non-hydrogen) atoms. The van der Waals surface area contributed by atoms with Crippen LogP contribution < -0.4 is 5.32 Å². The normalized spacial score (nSPS) is 14.6. The molecule has 0 radical (unpaired) electrons. The van der Waals surface area contributed by atoms with E-state index in [9.17, 15) is 4.79 Å². The van der Waals surface area contributed by atoms with Crippen molar-refractivity contribution in [3.05, 3.63) is 0 Å². The van der Waals surface area contributed by atoms with Crippen molar-refractivity contribution >= 4 is 17.7 Å². The van der Waals surface area contributed by atoms with Crippen LogP contribution in [0, 0.1) is 0 Å². The fourth-order valence-corrected chi connectivity index (χ4v) is 2.98. The molecule has 0 amide bonds. The first kappa shape index (κ1) is 17.8. The van der Waals surface area contributed by atoms with Gasteiger partial charge in [-0.15, -0.1) is 0 Å². The highest BCUT2D eigenvalue weighted by molar-refractivity contribution is 7.99. The number of thioether (sulfide) groups is 1. The summed E-state index contributed by atoms with van der Waals surface area (Å²) in [5.41, 5.74) is -0.568. The lowest BCUT2D eigenvalue weighted by molar-refractivity contribution is -0.149. The van der Waals surface area contributed by atoms with Crippen molar-refractivity contribution < 1.29 is 9.53 Å². The second-order valence-electron chi connectivity index (χ2n) is 5.11. The van der Waals surface area contributed by atoms with Gasteiger partial charge in [0, 0.05) is 11.8 Å². The van der Waals surface area contributed by atoms with Gasteiger partial charge in [-0.2, -0.15) is 11.8 Å². The number of unbranched alkanes of at least 4 members (excludes halogenated alkanes) is 2. The highest BCUT2D eigenvalue weighted by atomic mass is 32.2. The maximum absolute atomic E-state index is 12.0. The Morgan fingerprint density at radius 2 is 2.00 bits per heavy atom. The third kappa shape index (κ3) is 7.27. The Morgan fingerprint density at radius 1 is 1.33 bits per heavy atom. The summed E-state index contributed by atoms with van der Waals surface area (Å²) in [7, 11) is 0. The molecule has 0 heterocycles. The fraction of sp³-hybridized carbons (Fsp3) is 0.929. The van der Waals surface area contributed by atoms with Crippen LogP contribution in [0.5, 0.6) is 0 Å². The summed E-state index contributed by atoms with van der Waals surface area (Å²) >= 11 is 1.83. The van der Waals surface area contributed by atoms with Crippen molar-refractivity contribution in [2.75, 3.05) is 18.1 Å². The van der Waals surface area contributed by atoms with E-state index in [1.165, 1.54) is 19.3 Å². The molecule has 1 unspecified atom stereocenters. The summed E-state index contributed by atoms with van der Waals surface area (Å²) < 4.78 is 5.17. The molecule has 0 saturated heterocycles. The molecular formula is C14H29NO2S. The van der Waals surface area contributed by atoms with Crippen LogP contribution in [0.25, 0.3) is 0 Å². The van der Waals surface area contributed by atoms with E-state index in [0.29, 0.717) is 6.61 Å². The standard InChI is InChI=1S/C14H29NO2S/c1-6-8-9-10-18-11-14(5,15-12(3)4)13(16)17-7-2/h12,15H,6-11H2,1-5H3. The summed E-state index contributed by atoms with van der Waals surface area (Å²) in [5, 5.41) is 3.34. The fourth-order valence-electron chi connectivity index (χ4n) is 1.82. The summed E-state index contributed by atoms with van der Waals surface area (Å²) in [6.45, 7) is 10.5. The Morgan fingerprint density at radius 3 is 2.50 bits per heavy atom. The van der Waals surface area contributed by atoms with E-state index in [0.717, 1.165) is 11.5 Å². The second-order valence-corrected chi connectivity index (χ2v) is 6.22. The highest BCUT2D eigenvalue weighted by Gasteiger charge is 2.34. The van der Waals surface area contributed by atoms with E-state index in [4.69, 9.17) is 4.74 Å². The molecule has 0 aromatic rings. The van der Waals surface area contributed by atoms with Crippen LogP contribution in [0.1, 0.15) is 53.9 Å². The quantitative estimate of drug-likeness (QED) is 0.491. The number of esters is 1. The van der Waals surface area contributed by atoms with E-state index in [1.807, 2.05) is 25.6 Å². The van der Waals surface area contributed by atoms with Gasteiger partial charge in [0.1, 0.15) is 5.54 Å². The van der Waals surface area contributed by atoms with E-state index >= 15 is 0 Å². The van der Waals surface area contributed by atoms with Gasteiger partial charge < -0.3 is 4.74 Å². The summed E-state index contributed by atoms with van der Waals surface area (Å²) in [6, 6.07) is 0.274. The smallest absolute Gasteiger partial charge is 0.326 e. The minimum absolute atomic E-state index is 0.137. The first-order chi connectivity index (χ1) is 8.46. The van der Waals surface area contributed by atoms with Crippen molar-refractivity contribution in [1.82, 2.24) is 5.32 Å². The molecular weight excluding hydrogens is 246 g/mol. The van der Waals surface area contributed by atoms with Gasteiger partial charge in [-0.1, -0.05) is 19.8 Å². The Bertz CT molecular complexity index is 234. The first-order valence-corrected chi connectivity index (χ1v) is 8.14. The molecule has 4 heteroatoms. The van der Waals surface area contributed by atoms with Crippen LogP contribution >= 0.6 is 11.8 Å². The topological polar surface area (TPSA) is 38.3 Å². The third-order valence-corrected chi connectivity index (χ3v) is 3.97. The lowest BCUT2D eigenvalue weighted by Crippen LogP contribution is -2.55. The van der Waals surface area contributed by atoms with Crippen LogP contribution in [-0.2, 0) is 9.53 Å². The van der Waals surface area contributed by atoms with Crippen LogP contribution in [0.4, 0.5) is 0 Å². The number of hydrogen-bond acceptors (Lipinski definition) is 4. The number of rotatable bonds is 10. The SMILES string of the molecule is CCCCCSCC(C)(NC(C)C)C(=O)OCC. The van der Waals surface area contributed by atoms with Crippen LogP contribution in [-0.4, -0.2) is 35.7 Å². The molecule has 108 valence electrons. The maximum Gasteiger partial charge on any atom is 0.326 e. The van der Waals surface area contributed by atoms with Gasteiger partial charge in [-0.25, -0.2) is 0 Å². The largest absolute Gasteiger partial charge is 0.465 e. The molecule has 0 fully saturated rings. The molecule has 0 spiro atoms. The summed E-state index contributed by atoms with van der Waals surface area (Å²) in [6.07, 6.45) is 3.72. The molecule has 1 N–H and O–H groups in total. The van der Waals surface area contributed by atoms with Crippen LogP contribution in [0.2, 0.25) is 0 Å². The molecule has 0 bridgehead atoms. The lowest BCUT2D eigenvalue weighted by Gasteiger charge is -2.30. The average Bonchev–Trinajstić information content (AvgIpc) is 2.28. The van der Waals surface area contributed by atoms with E-state index in [1.54, 1.807) is 0 Å². The van der Waals surface area contributed by atoms with Gasteiger partial charge in [0.05, 0.1) is 6.61 Å². The number of carbonyl (C=O) groups excluding carboxylic acids is 1. The van der Waals surface area contributed by atoms with Gasteiger partial charge in [0.25, 0.3) is 0 Å². The van der Waals surface area contributed by atoms with Crippen molar-refractivity contribution in [2.24, 2.45) is 0 Å². The predicted octanol–water partition coefficient (Wildman–Crippen LogP) is 3.23. The maximum atomic E-state index is 12.0. The first-order valence-electron chi connectivity index (χ1n) is 6.99. The van der Waals surface area contributed by atoms with Crippen molar-refractivity contribution in [3.63, 3.8) is 0 Å². The minimum atomic E-state index is -0.568. The highest BCUT2D eigenvalue weighted by Crippen LogP contribution is 2.18. The zero-order valence-electron chi connectivity index (χ0n) is 12.5. The van der Waals surface area contributed by atoms with Gasteiger partial charge in [0.15, 0.2) is 0 Å². The third-order valence-electron chi connectivity index (χ3n) is 2.62.